The van der Waals surface area contributed by atoms with Gasteiger partial charge in [0.25, 0.3) is 0 Å². The van der Waals surface area contributed by atoms with Crippen molar-refractivity contribution in [3.05, 3.63) is 33.4 Å². The molecule has 1 aromatic carbocycles. The van der Waals surface area contributed by atoms with Crippen LogP contribution in [0.5, 0.6) is 0 Å². The van der Waals surface area contributed by atoms with E-state index in [9.17, 15) is 0 Å². The van der Waals surface area contributed by atoms with Gasteiger partial charge in [0.2, 0.25) is 0 Å². The molecule has 4 nitrogen and oxygen atoms in total. The van der Waals surface area contributed by atoms with E-state index in [0.29, 0.717) is 0 Å². The summed E-state index contributed by atoms with van der Waals surface area (Å²) < 4.78 is 5.46. The minimum atomic E-state index is 0.788. The molecule has 6 aliphatic heterocycles. The Morgan fingerprint density at radius 3 is 0.882 bits per heavy atom. The van der Waals surface area contributed by atoms with Crippen molar-refractivity contribution in [3.63, 3.8) is 0 Å². The molecule has 0 aliphatic carbocycles. The van der Waals surface area contributed by atoms with Gasteiger partial charge in [-0.3, -0.25) is 0 Å². The highest BCUT2D eigenvalue weighted by Gasteiger charge is 2.52. The Kier molecular flexibility index (Phi) is 6.04. The summed E-state index contributed by atoms with van der Waals surface area (Å²) in [4.78, 5) is 0. The molecule has 6 saturated heterocycles. The van der Waals surface area contributed by atoms with Gasteiger partial charge in [0.05, 0.1) is 12.1 Å². The van der Waals surface area contributed by atoms with Crippen LogP contribution in [-0.2, 0) is 13.1 Å². The van der Waals surface area contributed by atoms with E-state index < -0.39 is 0 Å². The molecule has 6 heterocycles. The number of hydrogen-bond donors (Lipinski definition) is 0. The number of nitrogens with zero attached hydrogens (tertiary/aromatic N) is 4. The predicted molar refractivity (Wildman–Crippen MR) is 143 cm³/mol. The summed E-state index contributed by atoms with van der Waals surface area (Å²) in [5.74, 6) is 0. The molecular weight excluding hydrogens is 416 g/mol. The van der Waals surface area contributed by atoms with Gasteiger partial charge in [-0.2, -0.15) is 0 Å². The molecule has 6 fully saturated rings. The Labute approximate surface area is 210 Å². The molecule has 0 radical (unpaired) electrons. The normalized spacial score (nSPS) is 37.2. The fourth-order valence-electron chi connectivity index (χ4n) is 8.45. The van der Waals surface area contributed by atoms with E-state index in [4.69, 9.17) is 0 Å². The molecule has 0 N–H and O–H groups in total. The molecule has 6 aliphatic rings. The smallest absolute Gasteiger partial charge is 0.129 e. The minimum absolute atomic E-state index is 0.788. The molecule has 0 unspecified atom stereocenters. The molecule has 0 atom stereocenters. The van der Waals surface area contributed by atoms with Crippen LogP contribution in [0.1, 0.15) is 61.1 Å². The molecule has 0 amide bonds. The monoisotopic (exact) mass is 470 g/mol. The Bertz CT molecular complexity index is 804. The van der Waals surface area contributed by atoms with Crippen molar-refractivity contribution in [3.8, 4) is 0 Å². The van der Waals surface area contributed by atoms with Crippen LogP contribution in [-0.4, -0.2) is 109 Å². The second kappa shape index (κ2) is 8.30. The summed E-state index contributed by atoms with van der Waals surface area (Å²) in [5, 5.41) is 0. The summed E-state index contributed by atoms with van der Waals surface area (Å²) in [5.41, 5.74) is 9.85. The van der Waals surface area contributed by atoms with Gasteiger partial charge in [-0.05, 0) is 77.6 Å². The molecule has 0 saturated carbocycles. The molecule has 190 valence electrons. The van der Waals surface area contributed by atoms with E-state index in [1.807, 2.05) is 0 Å². The Balaban J connectivity index is 1.38. The van der Waals surface area contributed by atoms with Crippen LogP contribution >= 0.6 is 0 Å². The van der Waals surface area contributed by atoms with E-state index in [-0.39, 0.29) is 0 Å². The maximum atomic E-state index is 2.45. The van der Waals surface area contributed by atoms with Crippen LogP contribution in [0.3, 0.4) is 0 Å². The van der Waals surface area contributed by atoms with E-state index in [1.54, 1.807) is 33.4 Å². The maximum Gasteiger partial charge on any atom is 0.129 e. The highest BCUT2D eigenvalue weighted by molar-refractivity contribution is 5.49. The van der Waals surface area contributed by atoms with Crippen molar-refractivity contribution in [2.75, 3.05) is 78.5 Å². The van der Waals surface area contributed by atoms with Crippen molar-refractivity contribution in [1.82, 2.24) is 0 Å². The molecule has 4 bridgehead atoms. The van der Waals surface area contributed by atoms with Crippen molar-refractivity contribution in [2.45, 2.75) is 80.6 Å². The third-order valence-corrected chi connectivity index (χ3v) is 12.2. The first kappa shape index (κ1) is 24.7. The highest BCUT2D eigenvalue weighted by atomic mass is 15.5. The summed E-state index contributed by atoms with van der Waals surface area (Å²) >= 11 is 0. The predicted octanol–water partition coefficient (Wildman–Crippen LogP) is 4.06. The van der Waals surface area contributed by atoms with Gasteiger partial charge in [0.1, 0.15) is 91.6 Å². The third kappa shape index (κ3) is 3.70. The van der Waals surface area contributed by atoms with Crippen LogP contribution in [0.2, 0.25) is 0 Å². The van der Waals surface area contributed by atoms with Gasteiger partial charge >= 0.3 is 0 Å². The summed E-state index contributed by atoms with van der Waals surface area (Å²) in [6.07, 6.45) is 0. The Morgan fingerprint density at radius 1 is 0.441 bits per heavy atom. The lowest BCUT2D eigenvalue weighted by Crippen LogP contribution is -2.76. The zero-order valence-corrected chi connectivity index (χ0v) is 23.8. The van der Waals surface area contributed by atoms with Crippen molar-refractivity contribution in [2.24, 2.45) is 0 Å². The number of fused-ring (bicyclic) bond motifs is 6. The maximum absolute atomic E-state index is 2.45. The van der Waals surface area contributed by atoms with Crippen molar-refractivity contribution >= 4 is 0 Å². The zero-order valence-electron chi connectivity index (χ0n) is 23.8. The topological polar surface area (TPSA) is 0 Å². The lowest BCUT2D eigenvalue weighted by Gasteiger charge is -2.57. The molecule has 0 spiro atoms. The first-order valence-electron chi connectivity index (χ1n) is 14.5. The van der Waals surface area contributed by atoms with Gasteiger partial charge in [0, 0.05) is 11.1 Å². The molecule has 4 heteroatoms. The molecule has 0 aromatic heterocycles. The van der Waals surface area contributed by atoms with Crippen LogP contribution in [0.15, 0.2) is 0 Å². The Morgan fingerprint density at radius 2 is 0.676 bits per heavy atom. The van der Waals surface area contributed by atoms with Crippen molar-refractivity contribution < 1.29 is 17.9 Å². The number of piperazine rings is 6. The molecule has 7 rings (SSSR count). The van der Waals surface area contributed by atoms with Crippen LogP contribution in [0, 0.1) is 27.7 Å². The highest BCUT2D eigenvalue weighted by Crippen LogP contribution is 2.37. The van der Waals surface area contributed by atoms with E-state index in [2.05, 4.69) is 55.4 Å². The quantitative estimate of drug-likeness (QED) is 0.550. The lowest BCUT2D eigenvalue weighted by molar-refractivity contribution is -1.09. The second-order valence-electron chi connectivity index (χ2n) is 13.8. The van der Waals surface area contributed by atoms with Crippen LogP contribution < -0.4 is 0 Å². The van der Waals surface area contributed by atoms with Gasteiger partial charge in [-0.1, -0.05) is 0 Å². The zero-order chi connectivity index (χ0) is 24.5. The average molecular weight is 471 g/mol. The minimum Gasteiger partial charge on any atom is -0.308 e. The van der Waals surface area contributed by atoms with Crippen LogP contribution in [0.25, 0.3) is 0 Å². The molecule has 34 heavy (non-hydrogen) atoms. The Hall–Kier alpha value is -0.940. The van der Waals surface area contributed by atoms with Crippen LogP contribution in [0.4, 0.5) is 0 Å². The van der Waals surface area contributed by atoms with Gasteiger partial charge in [-0.25, -0.2) is 0 Å². The molecular formula is C30H54N4+4. The fourth-order valence-corrected chi connectivity index (χ4v) is 8.45. The largest absolute Gasteiger partial charge is 0.308 e. The fraction of sp³-hybridized carbons (Fsp3) is 0.800. The van der Waals surface area contributed by atoms with E-state index in [1.165, 1.54) is 110 Å². The SMILES string of the molecule is Cc1c(C)c(C[N+]23CC[N+](C(C)C)(CC2)CC3)c(C)c(C)c1C[N+]12CC[N+](C(C)C)(CC1)CC2. The summed E-state index contributed by atoms with van der Waals surface area (Å²) in [7, 11) is 0. The first-order chi connectivity index (χ1) is 16.0. The van der Waals surface area contributed by atoms with E-state index in [0.717, 1.165) is 12.1 Å². The number of rotatable bonds is 6. The van der Waals surface area contributed by atoms with Gasteiger partial charge in [-0.15, -0.1) is 0 Å². The first-order valence-corrected chi connectivity index (χ1v) is 14.5. The summed E-state index contributed by atoms with van der Waals surface area (Å²) in [6.45, 7) is 38.8. The van der Waals surface area contributed by atoms with E-state index >= 15 is 0 Å². The second-order valence-corrected chi connectivity index (χ2v) is 13.8. The summed E-state index contributed by atoms with van der Waals surface area (Å²) in [6, 6.07) is 1.58. The molecule has 1 aromatic rings. The number of quaternary nitrogens is 4. The average Bonchev–Trinajstić information content (AvgIpc) is 2.85. The van der Waals surface area contributed by atoms with Crippen molar-refractivity contribution in [1.29, 1.82) is 0 Å². The number of hydrogen-bond acceptors (Lipinski definition) is 0. The van der Waals surface area contributed by atoms with Gasteiger partial charge in [0.15, 0.2) is 0 Å². The van der Waals surface area contributed by atoms with Gasteiger partial charge < -0.3 is 17.9 Å². The lowest BCUT2D eigenvalue weighted by atomic mass is 9.86. The standard InChI is InChI=1S/C30H54N4/c1-23(2)33-15-9-31(10-16-33,11-17-33)21-29-25(5)27(7)30(28(8)26(29)6)22-32-12-18-34(19-13-32,20-14-32)24(3)4/h23-24H,9-22H2,1-8H3/q+4. The number of benzene rings is 1. The third-order valence-electron chi connectivity index (χ3n) is 12.2.